The Balaban J connectivity index is 1.37. The minimum atomic E-state index is -0.556. The number of amides is 1. The van der Waals surface area contributed by atoms with Crippen molar-refractivity contribution in [2.45, 2.75) is 17.4 Å². The average Bonchev–Trinajstić information content (AvgIpc) is 3.19. The number of carbonyl (C=O) groups excluding carboxylic acids is 3. The second-order valence-corrected chi connectivity index (χ2v) is 9.12. The standard InChI is InChI=1S/C17H14Br2ClNO5/c18-6-1-2-10(9(20)3-6)21-11(22)5-25-16(23)12-7-4-8-13(12)17(24)26-15(8)14(7)19/h1-3,7-8,12-15H,4-5H2,(H,21,22)/t7-,8-,12-,13+,14+,15+/m1/s1. The summed E-state index contributed by atoms with van der Waals surface area (Å²) < 4.78 is 11.3. The Kier molecular flexibility index (Phi) is 4.77. The molecular weight excluding hydrogens is 493 g/mol. The van der Waals surface area contributed by atoms with Gasteiger partial charge in [0.1, 0.15) is 6.10 Å². The molecule has 6 nitrogen and oxygen atoms in total. The van der Waals surface area contributed by atoms with Crippen molar-refractivity contribution in [2.24, 2.45) is 23.7 Å². The molecule has 2 aliphatic carbocycles. The molecule has 1 saturated heterocycles. The molecule has 1 heterocycles. The summed E-state index contributed by atoms with van der Waals surface area (Å²) in [5.74, 6) is -2.30. The largest absolute Gasteiger partial charge is 0.461 e. The molecule has 138 valence electrons. The number of alkyl halides is 1. The number of hydrogen-bond acceptors (Lipinski definition) is 5. The Morgan fingerprint density at radius 3 is 2.85 bits per heavy atom. The van der Waals surface area contributed by atoms with E-state index in [0.717, 1.165) is 10.9 Å². The van der Waals surface area contributed by atoms with Gasteiger partial charge in [-0.25, -0.2) is 0 Å². The van der Waals surface area contributed by atoms with Gasteiger partial charge in [0.05, 0.1) is 27.4 Å². The van der Waals surface area contributed by atoms with E-state index in [2.05, 4.69) is 37.2 Å². The lowest BCUT2D eigenvalue weighted by Gasteiger charge is -2.26. The summed E-state index contributed by atoms with van der Waals surface area (Å²) in [6, 6.07) is 5.03. The fourth-order valence-corrected chi connectivity index (χ4v) is 6.07. The third-order valence-corrected chi connectivity index (χ3v) is 7.35. The molecule has 0 aromatic heterocycles. The first-order valence-corrected chi connectivity index (χ1v) is 10.2. The molecular formula is C17H14Br2ClNO5. The zero-order chi connectivity index (χ0) is 18.6. The molecule has 1 aromatic rings. The molecule has 1 N–H and O–H groups in total. The van der Waals surface area contributed by atoms with Gasteiger partial charge in [-0.3, -0.25) is 14.4 Å². The minimum Gasteiger partial charge on any atom is -0.461 e. The smallest absolute Gasteiger partial charge is 0.310 e. The predicted octanol–water partition coefficient (Wildman–Crippen LogP) is 3.16. The zero-order valence-electron chi connectivity index (χ0n) is 13.3. The van der Waals surface area contributed by atoms with Gasteiger partial charge in [0.15, 0.2) is 6.61 Å². The maximum absolute atomic E-state index is 12.5. The molecule has 1 amide bonds. The van der Waals surface area contributed by atoms with Crippen molar-refractivity contribution in [1.82, 2.24) is 0 Å². The Morgan fingerprint density at radius 2 is 2.12 bits per heavy atom. The van der Waals surface area contributed by atoms with Gasteiger partial charge < -0.3 is 14.8 Å². The van der Waals surface area contributed by atoms with Crippen LogP contribution in [0.2, 0.25) is 5.02 Å². The molecule has 2 bridgehead atoms. The molecule has 3 fully saturated rings. The van der Waals surface area contributed by atoms with Crippen LogP contribution in [-0.2, 0) is 23.9 Å². The molecule has 1 aliphatic heterocycles. The second kappa shape index (κ2) is 6.80. The van der Waals surface area contributed by atoms with Gasteiger partial charge in [-0.1, -0.05) is 43.5 Å². The molecule has 1 aromatic carbocycles. The third kappa shape index (κ3) is 2.96. The van der Waals surface area contributed by atoms with Gasteiger partial charge >= 0.3 is 11.9 Å². The number of fused-ring (bicyclic) bond motifs is 1. The van der Waals surface area contributed by atoms with E-state index in [4.69, 9.17) is 21.1 Å². The van der Waals surface area contributed by atoms with E-state index in [0.29, 0.717) is 10.7 Å². The van der Waals surface area contributed by atoms with Gasteiger partial charge in [-0.05, 0) is 30.5 Å². The number of halogens is 3. The number of ether oxygens (including phenoxy) is 2. The highest BCUT2D eigenvalue weighted by Gasteiger charge is 2.68. The van der Waals surface area contributed by atoms with Crippen LogP contribution in [0.4, 0.5) is 5.69 Å². The van der Waals surface area contributed by atoms with Crippen molar-refractivity contribution in [3.63, 3.8) is 0 Å². The van der Waals surface area contributed by atoms with Gasteiger partial charge in [0.2, 0.25) is 0 Å². The van der Waals surface area contributed by atoms with Crippen LogP contribution < -0.4 is 5.32 Å². The first-order valence-electron chi connectivity index (χ1n) is 8.13. The van der Waals surface area contributed by atoms with Gasteiger partial charge in [0.25, 0.3) is 5.91 Å². The molecule has 3 aliphatic rings. The summed E-state index contributed by atoms with van der Waals surface area (Å²) in [7, 11) is 0. The van der Waals surface area contributed by atoms with Crippen molar-refractivity contribution in [2.75, 3.05) is 11.9 Å². The van der Waals surface area contributed by atoms with Crippen LogP contribution in [0, 0.1) is 23.7 Å². The van der Waals surface area contributed by atoms with Crippen molar-refractivity contribution in [3.05, 3.63) is 27.7 Å². The topological polar surface area (TPSA) is 81.7 Å². The van der Waals surface area contributed by atoms with Crippen LogP contribution in [-0.4, -0.2) is 35.4 Å². The highest BCUT2D eigenvalue weighted by atomic mass is 79.9. The van der Waals surface area contributed by atoms with Crippen LogP contribution in [0.15, 0.2) is 22.7 Å². The van der Waals surface area contributed by atoms with E-state index in [9.17, 15) is 14.4 Å². The van der Waals surface area contributed by atoms with Crippen LogP contribution in [0.5, 0.6) is 0 Å². The van der Waals surface area contributed by atoms with E-state index in [-0.39, 0.29) is 28.7 Å². The average molecular weight is 508 g/mol. The lowest BCUT2D eigenvalue weighted by molar-refractivity contribution is -0.157. The third-order valence-electron chi connectivity index (χ3n) is 5.35. The van der Waals surface area contributed by atoms with Crippen molar-refractivity contribution >= 4 is 67.0 Å². The quantitative estimate of drug-likeness (QED) is 0.500. The second-order valence-electron chi connectivity index (χ2n) is 6.74. The minimum absolute atomic E-state index is 0.00192. The number of anilines is 1. The van der Waals surface area contributed by atoms with E-state index in [1.54, 1.807) is 18.2 Å². The number of hydrogen-bond donors (Lipinski definition) is 1. The number of esters is 2. The Hall–Kier alpha value is -1.12. The molecule has 9 heteroatoms. The summed E-state index contributed by atoms with van der Waals surface area (Å²) in [6.07, 6.45) is 0.613. The van der Waals surface area contributed by atoms with Crippen LogP contribution in [0.3, 0.4) is 0 Å². The number of benzene rings is 1. The van der Waals surface area contributed by atoms with E-state index < -0.39 is 30.3 Å². The summed E-state index contributed by atoms with van der Waals surface area (Å²) in [6.45, 7) is -0.433. The predicted molar refractivity (Wildman–Crippen MR) is 99.9 cm³/mol. The Bertz CT molecular complexity index is 803. The number of rotatable bonds is 4. The van der Waals surface area contributed by atoms with Crippen LogP contribution in [0.1, 0.15) is 6.42 Å². The molecule has 26 heavy (non-hydrogen) atoms. The van der Waals surface area contributed by atoms with Crippen LogP contribution >= 0.6 is 43.5 Å². The van der Waals surface area contributed by atoms with Crippen LogP contribution in [0.25, 0.3) is 0 Å². The maximum Gasteiger partial charge on any atom is 0.310 e. The zero-order valence-corrected chi connectivity index (χ0v) is 17.2. The van der Waals surface area contributed by atoms with Crippen molar-refractivity contribution in [3.8, 4) is 0 Å². The van der Waals surface area contributed by atoms with Gasteiger partial charge in [-0.15, -0.1) is 0 Å². The Morgan fingerprint density at radius 1 is 1.35 bits per heavy atom. The molecule has 6 atom stereocenters. The molecule has 2 saturated carbocycles. The summed E-state index contributed by atoms with van der Waals surface area (Å²) in [5, 5.41) is 2.97. The normalized spacial score (nSPS) is 33.9. The molecule has 4 rings (SSSR count). The van der Waals surface area contributed by atoms with E-state index >= 15 is 0 Å². The summed E-state index contributed by atoms with van der Waals surface area (Å²) in [5.41, 5.74) is 0.429. The lowest BCUT2D eigenvalue weighted by Crippen LogP contribution is -2.39. The summed E-state index contributed by atoms with van der Waals surface area (Å²) in [4.78, 5) is 36.6. The van der Waals surface area contributed by atoms with Crippen molar-refractivity contribution < 1.29 is 23.9 Å². The highest BCUT2D eigenvalue weighted by molar-refractivity contribution is 9.10. The number of nitrogens with one attached hydrogen (secondary N) is 1. The number of carbonyl (C=O) groups is 3. The SMILES string of the molecule is O=C(COC(=O)[C@@H]1[C@H]2C[C@H]3[C@H](OC(=O)[C@@H]31)[C@H]2Br)Nc1ccc(Br)cc1Cl. The van der Waals surface area contributed by atoms with E-state index in [1.807, 2.05) is 0 Å². The van der Waals surface area contributed by atoms with Gasteiger partial charge in [0, 0.05) is 10.4 Å². The molecule has 0 unspecified atom stereocenters. The van der Waals surface area contributed by atoms with Crippen molar-refractivity contribution in [1.29, 1.82) is 0 Å². The van der Waals surface area contributed by atoms with E-state index in [1.165, 1.54) is 0 Å². The summed E-state index contributed by atoms with van der Waals surface area (Å²) >= 11 is 12.9. The first-order chi connectivity index (χ1) is 12.4. The lowest BCUT2D eigenvalue weighted by atomic mass is 9.80. The van der Waals surface area contributed by atoms with Gasteiger partial charge in [-0.2, -0.15) is 0 Å². The molecule has 0 radical (unpaired) electrons. The Labute approximate surface area is 171 Å². The maximum atomic E-state index is 12.5. The first kappa shape index (κ1) is 18.3. The fourth-order valence-electron chi connectivity index (χ4n) is 4.30. The monoisotopic (exact) mass is 505 g/mol. The molecule has 0 spiro atoms. The fraction of sp³-hybridized carbons (Fsp3) is 0.471. The highest BCUT2D eigenvalue weighted by Crippen LogP contribution is 2.60.